The van der Waals surface area contributed by atoms with Crippen molar-refractivity contribution in [3.63, 3.8) is 0 Å². The van der Waals surface area contributed by atoms with Gasteiger partial charge in [-0.1, -0.05) is 35.9 Å². The van der Waals surface area contributed by atoms with Crippen LogP contribution in [-0.2, 0) is 12.8 Å². The number of aromatic nitrogens is 1. The van der Waals surface area contributed by atoms with Crippen molar-refractivity contribution in [2.45, 2.75) is 12.8 Å². The van der Waals surface area contributed by atoms with Gasteiger partial charge in [-0.15, -0.1) is 0 Å². The summed E-state index contributed by atoms with van der Waals surface area (Å²) in [6.45, 7) is 0. The van der Waals surface area contributed by atoms with Crippen molar-refractivity contribution in [1.29, 1.82) is 0 Å². The van der Waals surface area contributed by atoms with Crippen LogP contribution in [0.15, 0.2) is 48.7 Å². The number of hydrogen-bond acceptors (Lipinski definition) is 2. The fourth-order valence-electron chi connectivity index (χ4n) is 3.08. The van der Waals surface area contributed by atoms with Crippen molar-refractivity contribution >= 4 is 34.1 Å². The maximum atomic E-state index is 12.6. The summed E-state index contributed by atoms with van der Waals surface area (Å²) < 4.78 is 0. The number of benzene rings is 2. The van der Waals surface area contributed by atoms with Gasteiger partial charge >= 0.3 is 0 Å². The number of amides is 1. The number of hydrogen-bond donors (Lipinski definition) is 1. The molecule has 4 heteroatoms. The molecular formula is C18H13ClN2O. The van der Waals surface area contributed by atoms with E-state index in [1.54, 1.807) is 12.1 Å². The molecule has 3 nitrogen and oxygen atoms in total. The average Bonchev–Trinajstić information content (AvgIpc) is 2.95. The molecule has 1 heterocycles. The van der Waals surface area contributed by atoms with Crippen molar-refractivity contribution in [3.05, 3.63) is 70.4 Å². The van der Waals surface area contributed by atoms with Crippen molar-refractivity contribution in [2.24, 2.45) is 0 Å². The van der Waals surface area contributed by atoms with E-state index >= 15 is 0 Å². The highest BCUT2D eigenvalue weighted by molar-refractivity contribution is 6.30. The third kappa shape index (κ3) is 2.14. The molecule has 0 atom stereocenters. The van der Waals surface area contributed by atoms with Gasteiger partial charge in [0.05, 0.1) is 5.02 Å². The number of halogens is 1. The van der Waals surface area contributed by atoms with Crippen molar-refractivity contribution in [3.8, 4) is 0 Å². The standard InChI is InChI=1S/C18H13ClN2O/c19-13-7-9-16(20-10-13)21-18(22)15-8-6-12-5-4-11-2-1-3-14(15)17(11)12/h1-3,6-10H,4-5H2,(H,20,21,22). The van der Waals surface area contributed by atoms with E-state index in [9.17, 15) is 4.79 Å². The molecule has 0 bridgehead atoms. The van der Waals surface area contributed by atoms with Gasteiger partial charge in [0.25, 0.3) is 5.91 Å². The Hall–Kier alpha value is -2.39. The Morgan fingerprint density at radius 2 is 1.86 bits per heavy atom. The fraction of sp³-hybridized carbons (Fsp3) is 0.111. The number of nitrogens with zero attached hydrogens (tertiary/aromatic N) is 1. The first-order chi connectivity index (χ1) is 10.7. The van der Waals surface area contributed by atoms with Gasteiger partial charge in [0.15, 0.2) is 0 Å². The van der Waals surface area contributed by atoms with Gasteiger partial charge in [-0.25, -0.2) is 4.98 Å². The van der Waals surface area contributed by atoms with Crippen LogP contribution < -0.4 is 5.32 Å². The molecule has 3 aromatic rings. The first-order valence-electron chi connectivity index (χ1n) is 7.19. The summed E-state index contributed by atoms with van der Waals surface area (Å²) in [6, 6.07) is 13.5. The van der Waals surface area contributed by atoms with Gasteiger partial charge < -0.3 is 5.32 Å². The summed E-state index contributed by atoms with van der Waals surface area (Å²) >= 11 is 5.81. The highest BCUT2D eigenvalue weighted by Crippen LogP contribution is 2.32. The molecule has 2 aromatic carbocycles. The summed E-state index contributed by atoms with van der Waals surface area (Å²) in [6.07, 6.45) is 3.62. The predicted octanol–water partition coefficient (Wildman–Crippen LogP) is 4.24. The lowest BCUT2D eigenvalue weighted by Crippen LogP contribution is -2.13. The molecule has 22 heavy (non-hydrogen) atoms. The van der Waals surface area contributed by atoms with Crippen LogP contribution in [0.4, 0.5) is 5.82 Å². The summed E-state index contributed by atoms with van der Waals surface area (Å²) in [5.41, 5.74) is 3.33. The Morgan fingerprint density at radius 1 is 1.05 bits per heavy atom. The zero-order valence-electron chi connectivity index (χ0n) is 11.8. The largest absolute Gasteiger partial charge is 0.307 e. The molecule has 0 spiro atoms. The van der Waals surface area contributed by atoms with Crippen LogP contribution in [0.1, 0.15) is 21.5 Å². The smallest absolute Gasteiger partial charge is 0.257 e. The molecule has 1 aliphatic carbocycles. The minimum Gasteiger partial charge on any atom is -0.307 e. The van der Waals surface area contributed by atoms with E-state index < -0.39 is 0 Å². The quantitative estimate of drug-likeness (QED) is 0.769. The second-order valence-corrected chi connectivity index (χ2v) is 5.86. The molecule has 0 unspecified atom stereocenters. The van der Waals surface area contributed by atoms with Crippen LogP contribution in [-0.4, -0.2) is 10.9 Å². The van der Waals surface area contributed by atoms with Crippen LogP contribution in [0.25, 0.3) is 10.8 Å². The van der Waals surface area contributed by atoms with Gasteiger partial charge in [0, 0.05) is 11.8 Å². The van der Waals surface area contributed by atoms with E-state index in [4.69, 9.17) is 11.6 Å². The van der Waals surface area contributed by atoms with Crippen molar-refractivity contribution in [2.75, 3.05) is 5.32 Å². The molecule has 0 aliphatic heterocycles. The van der Waals surface area contributed by atoms with Crippen molar-refractivity contribution < 1.29 is 4.79 Å². The molecule has 1 amide bonds. The summed E-state index contributed by atoms with van der Waals surface area (Å²) in [7, 11) is 0. The van der Waals surface area contributed by atoms with Crippen LogP contribution >= 0.6 is 11.6 Å². The van der Waals surface area contributed by atoms with Crippen LogP contribution in [0.2, 0.25) is 5.02 Å². The number of carbonyl (C=O) groups is 1. The molecule has 4 rings (SSSR count). The zero-order chi connectivity index (χ0) is 15.1. The number of anilines is 1. The number of aryl methyl sites for hydroxylation is 2. The Balaban J connectivity index is 1.75. The van der Waals surface area contributed by atoms with E-state index in [1.807, 2.05) is 18.2 Å². The maximum absolute atomic E-state index is 12.6. The minimum atomic E-state index is -0.148. The molecule has 108 valence electrons. The Bertz CT molecular complexity index is 877. The predicted molar refractivity (Wildman–Crippen MR) is 88.6 cm³/mol. The van der Waals surface area contributed by atoms with E-state index in [0.717, 1.165) is 18.2 Å². The Morgan fingerprint density at radius 3 is 2.64 bits per heavy atom. The van der Waals surface area contributed by atoms with E-state index in [1.165, 1.54) is 22.7 Å². The maximum Gasteiger partial charge on any atom is 0.257 e. The second-order valence-electron chi connectivity index (χ2n) is 5.43. The highest BCUT2D eigenvalue weighted by atomic mass is 35.5. The molecule has 1 aliphatic rings. The fourth-order valence-corrected chi connectivity index (χ4v) is 3.19. The molecule has 1 aromatic heterocycles. The van der Waals surface area contributed by atoms with Crippen molar-refractivity contribution in [1.82, 2.24) is 4.98 Å². The SMILES string of the molecule is O=C(Nc1ccc(Cl)cn1)c1ccc2c3c(cccc13)CC2. The highest BCUT2D eigenvalue weighted by Gasteiger charge is 2.18. The lowest BCUT2D eigenvalue weighted by Gasteiger charge is -2.09. The first-order valence-corrected chi connectivity index (χ1v) is 7.56. The monoisotopic (exact) mass is 308 g/mol. The molecule has 1 N–H and O–H groups in total. The van der Waals surface area contributed by atoms with E-state index in [0.29, 0.717) is 16.4 Å². The normalized spacial score (nSPS) is 12.6. The second kappa shape index (κ2) is 5.11. The number of pyridine rings is 1. The van der Waals surface area contributed by atoms with Crippen LogP contribution in [0.5, 0.6) is 0 Å². The number of nitrogens with one attached hydrogen (secondary N) is 1. The lowest BCUT2D eigenvalue weighted by molar-refractivity contribution is 0.102. The number of carbonyl (C=O) groups excluding carboxylic acids is 1. The van der Waals surface area contributed by atoms with Crippen LogP contribution in [0, 0.1) is 0 Å². The summed E-state index contributed by atoms with van der Waals surface area (Å²) in [5, 5.41) is 5.62. The molecule has 0 fully saturated rings. The summed E-state index contributed by atoms with van der Waals surface area (Å²) in [4.78, 5) is 16.7. The third-order valence-corrected chi connectivity index (χ3v) is 4.31. The molecular weight excluding hydrogens is 296 g/mol. The number of rotatable bonds is 2. The van der Waals surface area contributed by atoms with E-state index in [-0.39, 0.29) is 5.91 Å². The lowest BCUT2D eigenvalue weighted by atomic mass is 9.99. The summed E-state index contributed by atoms with van der Waals surface area (Å²) in [5.74, 6) is 0.350. The van der Waals surface area contributed by atoms with Gasteiger partial charge in [-0.3, -0.25) is 4.79 Å². The van der Waals surface area contributed by atoms with Gasteiger partial charge in [-0.05, 0) is 52.9 Å². The van der Waals surface area contributed by atoms with Crippen LogP contribution in [0.3, 0.4) is 0 Å². The minimum absolute atomic E-state index is 0.148. The van der Waals surface area contributed by atoms with Gasteiger partial charge in [0.1, 0.15) is 5.82 Å². The Labute approximate surface area is 132 Å². The Kier molecular flexibility index (Phi) is 3.09. The van der Waals surface area contributed by atoms with Gasteiger partial charge in [0.2, 0.25) is 0 Å². The molecule has 0 radical (unpaired) electrons. The molecule has 0 saturated carbocycles. The zero-order valence-corrected chi connectivity index (χ0v) is 12.5. The van der Waals surface area contributed by atoms with E-state index in [2.05, 4.69) is 22.4 Å². The average molecular weight is 309 g/mol. The third-order valence-electron chi connectivity index (χ3n) is 4.09. The topological polar surface area (TPSA) is 42.0 Å². The first kappa shape index (κ1) is 13.3. The van der Waals surface area contributed by atoms with Gasteiger partial charge in [-0.2, -0.15) is 0 Å². The molecule has 0 saturated heterocycles.